The summed E-state index contributed by atoms with van der Waals surface area (Å²) < 4.78 is 8.12. The van der Waals surface area contributed by atoms with Crippen molar-refractivity contribution in [1.82, 2.24) is 14.9 Å². The molecule has 5 nitrogen and oxygen atoms in total. The summed E-state index contributed by atoms with van der Waals surface area (Å²) in [5, 5.41) is 3.06. The Hall–Kier alpha value is -4.38. The quantitative estimate of drug-likeness (QED) is 0.233. The Labute approximate surface area is 217 Å². The van der Waals surface area contributed by atoms with Crippen LogP contribution in [0.15, 0.2) is 103 Å². The van der Waals surface area contributed by atoms with Crippen LogP contribution in [0.25, 0.3) is 22.2 Å². The molecule has 186 valence electrons. The average Bonchev–Trinajstić information content (AvgIpc) is 3.28. The molecule has 0 saturated heterocycles. The summed E-state index contributed by atoms with van der Waals surface area (Å²) in [6, 6.07) is 34.6. The third-order valence-electron chi connectivity index (χ3n) is 6.39. The zero-order valence-corrected chi connectivity index (χ0v) is 21.1. The Kier molecular flexibility index (Phi) is 7.60. The summed E-state index contributed by atoms with van der Waals surface area (Å²) in [5.74, 6) is 1.72. The molecular formula is C32H31N3O2. The number of nitrogens with one attached hydrogen (secondary N) is 1. The molecular weight excluding hydrogens is 458 g/mol. The highest BCUT2D eigenvalue weighted by Crippen LogP contribution is 2.20. The number of aromatic nitrogens is 2. The maximum atomic E-state index is 12.7. The predicted octanol–water partition coefficient (Wildman–Crippen LogP) is 6.34. The van der Waals surface area contributed by atoms with E-state index in [0.29, 0.717) is 19.6 Å². The number of nitrogens with zero attached hydrogens (tertiary/aromatic N) is 2. The average molecular weight is 490 g/mol. The zero-order chi connectivity index (χ0) is 25.5. The van der Waals surface area contributed by atoms with Crippen LogP contribution >= 0.6 is 0 Å². The maximum Gasteiger partial charge on any atom is 0.224 e. The normalized spacial score (nSPS) is 10.9. The van der Waals surface area contributed by atoms with Crippen molar-refractivity contribution in [1.29, 1.82) is 0 Å². The van der Waals surface area contributed by atoms with E-state index in [9.17, 15) is 4.79 Å². The second-order valence-electron chi connectivity index (χ2n) is 9.20. The fourth-order valence-corrected chi connectivity index (χ4v) is 4.50. The van der Waals surface area contributed by atoms with Crippen LogP contribution in [-0.4, -0.2) is 22.1 Å². The topological polar surface area (TPSA) is 56.1 Å². The van der Waals surface area contributed by atoms with Crippen LogP contribution in [0.3, 0.4) is 0 Å². The van der Waals surface area contributed by atoms with E-state index in [1.165, 1.54) is 11.1 Å². The first kappa shape index (κ1) is 24.3. The Morgan fingerprint density at radius 1 is 0.865 bits per heavy atom. The molecule has 1 N–H and O–H groups in total. The fraction of sp³-hybridized carbons (Fsp3) is 0.188. The third-order valence-corrected chi connectivity index (χ3v) is 6.39. The molecule has 0 aliphatic carbocycles. The molecule has 0 spiro atoms. The van der Waals surface area contributed by atoms with Crippen molar-refractivity contribution in [3.63, 3.8) is 0 Å². The lowest BCUT2D eigenvalue weighted by atomic mass is 10.0. The van der Waals surface area contributed by atoms with Gasteiger partial charge in [-0.2, -0.15) is 0 Å². The second kappa shape index (κ2) is 11.6. The van der Waals surface area contributed by atoms with Crippen LogP contribution in [0.1, 0.15) is 23.4 Å². The minimum absolute atomic E-state index is 0.0196. The predicted molar refractivity (Wildman–Crippen MR) is 148 cm³/mol. The number of aryl methyl sites for hydroxylation is 2. The third kappa shape index (κ3) is 6.25. The largest absolute Gasteiger partial charge is 0.494 e. The molecule has 0 unspecified atom stereocenters. The number of rotatable bonds is 10. The van der Waals surface area contributed by atoms with Crippen molar-refractivity contribution in [3.8, 4) is 16.9 Å². The summed E-state index contributed by atoms with van der Waals surface area (Å²) in [6.45, 7) is 3.82. The number of amides is 1. The van der Waals surface area contributed by atoms with E-state index < -0.39 is 0 Å². The van der Waals surface area contributed by atoms with E-state index in [1.54, 1.807) is 0 Å². The van der Waals surface area contributed by atoms with E-state index in [4.69, 9.17) is 9.72 Å². The Balaban J connectivity index is 1.19. The van der Waals surface area contributed by atoms with Gasteiger partial charge < -0.3 is 14.6 Å². The van der Waals surface area contributed by atoms with Gasteiger partial charge in [0.25, 0.3) is 0 Å². The van der Waals surface area contributed by atoms with Gasteiger partial charge in [-0.05, 0) is 59.9 Å². The fourth-order valence-electron chi connectivity index (χ4n) is 4.50. The number of fused-ring (bicyclic) bond motifs is 1. The van der Waals surface area contributed by atoms with Gasteiger partial charge in [-0.15, -0.1) is 0 Å². The summed E-state index contributed by atoms with van der Waals surface area (Å²) in [7, 11) is 0. The highest BCUT2D eigenvalue weighted by molar-refractivity contribution is 5.79. The molecule has 0 bridgehead atoms. The SMILES string of the molecule is Cc1cccc(OCCCn2c(CNC(=O)Cc3ccc(-c4ccccc4)cc3)nc3ccccc32)c1. The van der Waals surface area contributed by atoms with Gasteiger partial charge in [-0.1, -0.05) is 78.9 Å². The van der Waals surface area contributed by atoms with Crippen LogP contribution in [0.2, 0.25) is 0 Å². The summed E-state index contributed by atoms with van der Waals surface area (Å²) >= 11 is 0. The van der Waals surface area contributed by atoms with E-state index in [-0.39, 0.29) is 5.91 Å². The summed E-state index contributed by atoms with van der Waals surface area (Å²) in [6.07, 6.45) is 1.17. The van der Waals surface area contributed by atoms with Gasteiger partial charge >= 0.3 is 0 Å². The van der Waals surface area contributed by atoms with Crippen molar-refractivity contribution >= 4 is 16.9 Å². The molecule has 5 aromatic rings. The maximum absolute atomic E-state index is 12.7. The van der Waals surface area contributed by atoms with E-state index >= 15 is 0 Å². The van der Waals surface area contributed by atoms with Crippen LogP contribution in [0.5, 0.6) is 5.75 Å². The first-order chi connectivity index (χ1) is 18.2. The molecule has 0 saturated carbocycles. The molecule has 0 aliphatic heterocycles. The van der Waals surface area contributed by atoms with Gasteiger partial charge in [0.2, 0.25) is 5.91 Å². The van der Waals surface area contributed by atoms with Gasteiger partial charge in [-0.25, -0.2) is 4.98 Å². The van der Waals surface area contributed by atoms with Crippen LogP contribution in [0.4, 0.5) is 0 Å². The minimum atomic E-state index is -0.0196. The molecule has 0 atom stereocenters. The van der Waals surface area contributed by atoms with Gasteiger partial charge in [-0.3, -0.25) is 4.79 Å². The number of imidazole rings is 1. The summed E-state index contributed by atoms with van der Waals surface area (Å²) in [5.41, 5.74) is 6.48. The summed E-state index contributed by atoms with van der Waals surface area (Å²) in [4.78, 5) is 17.5. The number of hydrogen-bond donors (Lipinski definition) is 1. The van der Waals surface area contributed by atoms with Crippen molar-refractivity contribution < 1.29 is 9.53 Å². The molecule has 1 amide bonds. The molecule has 37 heavy (non-hydrogen) atoms. The van der Waals surface area contributed by atoms with Crippen molar-refractivity contribution in [2.24, 2.45) is 0 Å². The van der Waals surface area contributed by atoms with E-state index in [2.05, 4.69) is 53.2 Å². The lowest BCUT2D eigenvalue weighted by molar-refractivity contribution is -0.120. The van der Waals surface area contributed by atoms with Crippen molar-refractivity contribution in [2.75, 3.05) is 6.61 Å². The smallest absolute Gasteiger partial charge is 0.224 e. The number of benzene rings is 4. The number of carbonyl (C=O) groups excluding carboxylic acids is 1. The van der Waals surface area contributed by atoms with Gasteiger partial charge in [0, 0.05) is 6.54 Å². The van der Waals surface area contributed by atoms with Gasteiger partial charge in [0.1, 0.15) is 11.6 Å². The Morgan fingerprint density at radius 3 is 2.43 bits per heavy atom. The molecule has 4 aromatic carbocycles. The first-order valence-electron chi connectivity index (χ1n) is 12.7. The molecule has 1 aromatic heterocycles. The van der Waals surface area contributed by atoms with Gasteiger partial charge in [0.05, 0.1) is 30.6 Å². The van der Waals surface area contributed by atoms with Crippen LogP contribution < -0.4 is 10.1 Å². The van der Waals surface area contributed by atoms with Crippen LogP contribution in [0, 0.1) is 6.92 Å². The number of carbonyl (C=O) groups is 1. The van der Waals surface area contributed by atoms with Crippen molar-refractivity contribution in [3.05, 3.63) is 120 Å². The lowest BCUT2D eigenvalue weighted by Crippen LogP contribution is -2.26. The highest BCUT2D eigenvalue weighted by atomic mass is 16.5. The Morgan fingerprint density at radius 2 is 1.62 bits per heavy atom. The minimum Gasteiger partial charge on any atom is -0.494 e. The van der Waals surface area contributed by atoms with Gasteiger partial charge in [0.15, 0.2) is 0 Å². The zero-order valence-electron chi connectivity index (χ0n) is 21.1. The molecule has 1 heterocycles. The lowest BCUT2D eigenvalue weighted by Gasteiger charge is -2.12. The second-order valence-corrected chi connectivity index (χ2v) is 9.20. The van der Waals surface area contributed by atoms with Crippen molar-refractivity contribution in [2.45, 2.75) is 32.9 Å². The Bertz CT molecular complexity index is 1470. The van der Waals surface area contributed by atoms with E-state index in [0.717, 1.165) is 46.7 Å². The van der Waals surface area contributed by atoms with E-state index in [1.807, 2.05) is 66.7 Å². The number of ether oxygens (including phenoxy) is 1. The first-order valence-corrected chi connectivity index (χ1v) is 12.7. The standard InChI is InChI=1S/C32H31N3O2/c1-24-9-7-12-28(21-24)37-20-8-19-35-30-14-6-5-13-29(30)34-31(35)23-33-32(36)22-25-15-17-27(18-16-25)26-10-3-2-4-11-26/h2-7,9-18,21H,8,19-20,22-23H2,1H3,(H,33,36). The number of para-hydroxylation sites is 2. The molecule has 0 fully saturated rings. The van der Waals surface area contributed by atoms with Crippen LogP contribution in [-0.2, 0) is 24.3 Å². The molecule has 5 heteroatoms. The molecule has 0 aliphatic rings. The highest BCUT2D eigenvalue weighted by Gasteiger charge is 2.12. The monoisotopic (exact) mass is 489 g/mol. The molecule has 5 rings (SSSR count). The molecule has 0 radical (unpaired) electrons. The number of hydrogen-bond acceptors (Lipinski definition) is 3.